The highest BCUT2D eigenvalue weighted by molar-refractivity contribution is 5.94. The normalized spacial score (nSPS) is 10.5. The van der Waals surface area contributed by atoms with Crippen LogP contribution in [0.4, 0.5) is 4.39 Å². The summed E-state index contributed by atoms with van der Waals surface area (Å²) in [5.74, 6) is 0.631. The first-order valence-corrected chi connectivity index (χ1v) is 10.4. The molecule has 8 nitrogen and oxygen atoms in total. The summed E-state index contributed by atoms with van der Waals surface area (Å²) in [5.41, 5.74) is 2.59. The lowest BCUT2D eigenvalue weighted by Gasteiger charge is -2.12. The Bertz CT molecular complexity index is 1110. The van der Waals surface area contributed by atoms with Gasteiger partial charge in [0.1, 0.15) is 18.2 Å². The van der Waals surface area contributed by atoms with Crippen LogP contribution in [0.2, 0.25) is 0 Å². The minimum absolute atomic E-state index is 0.0678. The maximum Gasteiger partial charge on any atom is 0.251 e. The lowest BCUT2D eigenvalue weighted by molar-refractivity contribution is -0.120. The van der Waals surface area contributed by atoms with Crippen LogP contribution in [0.3, 0.4) is 0 Å². The first kappa shape index (κ1) is 23.8. The zero-order chi connectivity index (χ0) is 23.8. The van der Waals surface area contributed by atoms with Crippen molar-refractivity contribution >= 4 is 11.8 Å². The fourth-order valence-electron chi connectivity index (χ4n) is 3.16. The van der Waals surface area contributed by atoms with E-state index < -0.39 is 0 Å². The van der Waals surface area contributed by atoms with Crippen molar-refractivity contribution in [3.63, 3.8) is 0 Å². The molecule has 3 rings (SSSR count). The van der Waals surface area contributed by atoms with E-state index in [0.29, 0.717) is 28.4 Å². The molecule has 1 aromatic heterocycles. The first-order valence-electron chi connectivity index (χ1n) is 10.4. The van der Waals surface area contributed by atoms with Gasteiger partial charge in [-0.2, -0.15) is 0 Å². The highest BCUT2D eigenvalue weighted by atomic mass is 19.1. The Morgan fingerprint density at radius 1 is 1.06 bits per heavy atom. The van der Waals surface area contributed by atoms with Crippen molar-refractivity contribution < 1.29 is 28.0 Å². The van der Waals surface area contributed by atoms with E-state index in [1.165, 1.54) is 19.2 Å². The van der Waals surface area contributed by atoms with Crippen LogP contribution in [-0.2, 0) is 17.8 Å². The number of hydrogen-bond donors (Lipinski definition) is 2. The van der Waals surface area contributed by atoms with Crippen molar-refractivity contribution in [1.82, 2.24) is 15.8 Å². The van der Waals surface area contributed by atoms with Gasteiger partial charge in [0.15, 0.2) is 11.5 Å². The van der Waals surface area contributed by atoms with Gasteiger partial charge >= 0.3 is 0 Å². The number of nitrogens with zero attached hydrogens (tertiary/aromatic N) is 1. The molecule has 0 radical (unpaired) electrons. The number of nitrogens with one attached hydrogen (secondary N) is 2. The largest absolute Gasteiger partial charge is 0.493 e. The van der Waals surface area contributed by atoms with E-state index in [1.54, 1.807) is 30.3 Å². The summed E-state index contributed by atoms with van der Waals surface area (Å²) in [6.07, 6.45) is 0.0678. The highest BCUT2D eigenvalue weighted by Gasteiger charge is 2.14. The topological polar surface area (TPSA) is 103 Å². The van der Waals surface area contributed by atoms with E-state index in [2.05, 4.69) is 15.8 Å². The van der Waals surface area contributed by atoms with Gasteiger partial charge in [-0.25, -0.2) is 4.39 Å². The van der Waals surface area contributed by atoms with Crippen LogP contribution < -0.4 is 20.1 Å². The summed E-state index contributed by atoms with van der Waals surface area (Å²) in [4.78, 5) is 24.4. The standard InChI is InChI=1S/C24H26FN3O5/c1-15-20(16(2)33-28-15)14-32-21-8-7-18(13-22(21)31-3)24(30)27-10-9-26-23(29)12-17-5-4-6-19(25)11-17/h4-8,11,13H,9-10,12,14H2,1-3H3,(H,26,29)(H,27,30). The molecular weight excluding hydrogens is 429 g/mol. The second-order valence-electron chi connectivity index (χ2n) is 7.37. The molecule has 0 aliphatic carbocycles. The molecule has 0 atom stereocenters. The molecule has 3 aromatic rings. The number of aromatic nitrogens is 1. The number of aryl methyl sites for hydroxylation is 2. The molecule has 0 saturated carbocycles. The lowest BCUT2D eigenvalue weighted by atomic mass is 10.1. The molecule has 33 heavy (non-hydrogen) atoms. The second-order valence-corrected chi connectivity index (χ2v) is 7.37. The van der Waals surface area contributed by atoms with Crippen LogP contribution >= 0.6 is 0 Å². The van der Waals surface area contributed by atoms with Crippen LogP contribution in [-0.4, -0.2) is 37.2 Å². The molecule has 0 aliphatic heterocycles. The Labute approximate surface area is 191 Å². The Morgan fingerprint density at radius 3 is 2.55 bits per heavy atom. The summed E-state index contributed by atoms with van der Waals surface area (Å²) < 4.78 is 29.5. The third-order valence-corrected chi connectivity index (χ3v) is 4.97. The van der Waals surface area contributed by atoms with Crippen molar-refractivity contribution in [2.75, 3.05) is 20.2 Å². The lowest BCUT2D eigenvalue weighted by Crippen LogP contribution is -2.35. The molecule has 0 saturated heterocycles. The number of ether oxygens (including phenoxy) is 2. The smallest absolute Gasteiger partial charge is 0.251 e. The van der Waals surface area contributed by atoms with Gasteiger partial charge in [0.2, 0.25) is 5.91 Å². The van der Waals surface area contributed by atoms with Crippen LogP contribution in [0, 0.1) is 19.7 Å². The SMILES string of the molecule is COc1cc(C(=O)NCCNC(=O)Cc2cccc(F)c2)ccc1OCc1c(C)noc1C. The van der Waals surface area contributed by atoms with Crippen molar-refractivity contribution in [2.24, 2.45) is 0 Å². The maximum atomic E-state index is 13.2. The average Bonchev–Trinajstić information content (AvgIpc) is 3.12. The molecule has 0 fully saturated rings. The molecule has 2 amide bonds. The predicted molar refractivity (Wildman–Crippen MR) is 119 cm³/mol. The van der Waals surface area contributed by atoms with Crippen LogP contribution in [0.15, 0.2) is 47.0 Å². The summed E-state index contributed by atoms with van der Waals surface area (Å²) in [5, 5.41) is 9.33. The van der Waals surface area contributed by atoms with Gasteiger partial charge in [0.05, 0.1) is 24.8 Å². The van der Waals surface area contributed by atoms with Gasteiger partial charge in [-0.15, -0.1) is 0 Å². The van der Waals surface area contributed by atoms with Crippen molar-refractivity contribution in [1.29, 1.82) is 0 Å². The molecular formula is C24H26FN3O5. The molecule has 0 spiro atoms. The van der Waals surface area contributed by atoms with E-state index >= 15 is 0 Å². The number of carbonyl (C=O) groups is 2. The zero-order valence-electron chi connectivity index (χ0n) is 18.7. The second kappa shape index (κ2) is 11.1. The number of amides is 2. The fraction of sp³-hybridized carbons (Fsp3) is 0.292. The minimum atomic E-state index is -0.386. The number of rotatable bonds is 10. The summed E-state index contributed by atoms with van der Waals surface area (Å²) in [6, 6.07) is 10.7. The number of methoxy groups -OCH3 is 1. The quantitative estimate of drug-likeness (QED) is 0.456. The van der Waals surface area contributed by atoms with E-state index in [4.69, 9.17) is 14.0 Å². The molecule has 9 heteroatoms. The molecule has 2 aromatic carbocycles. The van der Waals surface area contributed by atoms with E-state index in [1.807, 2.05) is 13.8 Å². The predicted octanol–water partition coefficient (Wildman–Crippen LogP) is 3.11. The van der Waals surface area contributed by atoms with Crippen LogP contribution in [0.25, 0.3) is 0 Å². The van der Waals surface area contributed by atoms with Gasteiger partial charge in [-0.1, -0.05) is 17.3 Å². The zero-order valence-corrected chi connectivity index (χ0v) is 18.7. The molecule has 0 unspecified atom stereocenters. The first-order chi connectivity index (χ1) is 15.9. The third-order valence-electron chi connectivity index (χ3n) is 4.97. The Kier molecular flexibility index (Phi) is 8.01. The number of halogens is 1. The summed E-state index contributed by atoms with van der Waals surface area (Å²) in [7, 11) is 1.49. The molecule has 0 bridgehead atoms. The van der Waals surface area contributed by atoms with Crippen LogP contribution in [0.1, 0.15) is 32.9 Å². The number of hydrogen-bond acceptors (Lipinski definition) is 6. The van der Waals surface area contributed by atoms with Gasteiger partial charge in [-0.05, 0) is 49.7 Å². The monoisotopic (exact) mass is 455 g/mol. The fourth-order valence-corrected chi connectivity index (χ4v) is 3.16. The Hall–Kier alpha value is -3.88. The minimum Gasteiger partial charge on any atom is -0.493 e. The van der Waals surface area contributed by atoms with Gasteiger partial charge in [0.25, 0.3) is 5.91 Å². The maximum absolute atomic E-state index is 13.2. The summed E-state index contributed by atoms with van der Waals surface area (Å²) >= 11 is 0. The average molecular weight is 455 g/mol. The third kappa shape index (κ3) is 6.55. The molecule has 174 valence electrons. The number of benzene rings is 2. The van der Waals surface area contributed by atoms with Crippen molar-refractivity contribution in [2.45, 2.75) is 26.9 Å². The van der Waals surface area contributed by atoms with Gasteiger partial charge in [0, 0.05) is 18.7 Å². The molecule has 1 heterocycles. The number of carbonyl (C=O) groups excluding carboxylic acids is 2. The van der Waals surface area contributed by atoms with Gasteiger partial charge < -0.3 is 24.6 Å². The van der Waals surface area contributed by atoms with Crippen molar-refractivity contribution in [3.05, 3.63) is 76.4 Å². The van der Waals surface area contributed by atoms with Gasteiger partial charge in [-0.3, -0.25) is 9.59 Å². The summed E-state index contributed by atoms with van der Waals surface area (Å²) in [6.45, 7) is 4.39. The molecule has 0 aliphatic rings. The van der Waals surface area contributed by atoms with E-state index in [0.717, 1.165) is 11.3 Å². The van der Waals surface area contributed by atoms with Crippen molar-refractivity contribution in [3.8, 4) is 11.5 Å². The highest BCUT2D eigenvalue weighted by Crippen LogP contribution is 2.29. The van der Waals surface area contributed by atoms with E-state index in [-0.39, 0.29) is 43.7 Å². The Morgan fingerprint density at radius 2 is 1.85 bits per heavy atom. The van der Waals surface area contributed by atoms with E-state index in [9.17, 15) is 14.0 Å². The van der Waals surface area contributed by atoms with Crippen LogP contribution in [0.5, 0.6) is 11.5 Å². The molecule has 2 N–H and O–H groups in total. The Balaban J connectivity index is 1.48.